The second-order valence-electron chi connectivity index (χ2n) is 7.37. The second kappa shape index (κ2) is 7.01. The van der Waals surface area contributed by atoms with E-state index in [0.29, 0.717) is 24.8 Å². The molecule has 2 aromatic rings. The number of aromatic hydroxyl groups is 2. The fraction of sp³-hybridized carbons (Fsp3) is 0.333. The van der Waals surface area contributed by atoms with E-state index in [2.05, 4.69) is 0 Å². The summed E-state index contributed by atoms with van der Waals surface area (Å²) in [5.41, 5.74) is 6.44. The largest absolute Gasteiger partial charge is 0.507 e. The zero-order valence-corrected chi connectivity index (χ0v) is 15.1. The molecule has 4 rings (SSSR count). The molecule has 7 heteroatoms. The number of hydrogen-bond donors (Lipinski definition) is 4. The van der Waals surface area contributed by atoms with E-state index < -0.39 is 17.7 Å². The van der Waals surface area contributed by atoms with Crippen molar-refractivity contribution in [3.8, 4) is 11.5 Å². The quantitative estimate of drug-likeness (QED) is 0.541. The maximum atomic E-state index is 12.8. The van der Waals surface area contributed by atoms with Crippen molar-refractivity contribution >= 4 is 11.6 Å². The Balaban J connectivity index is 1.60. The van der Waals surface area contributed by atoms with Crippen LogP contribution in [-0.2, 0) is 11.3 Å². The molecule has 0 radical (unpaired) electrons. The SMILES string of the molecule is N[C@@H]1C[C@H](OCc2cc(O)c3c(c2)C(=O)c2cccc(O)c2C3=O)CC[C@@H]1O. The van der Waals surface area contributed by atoms with Crippen molar-refractivity contribution in [1.29, 1.82) is 0 Å². The summed E-state index contributed by atoms with van der Waals surface area (Å²) in [5, 5.41) is 30.1. The number of carbonyl (C=O) groups is 2. The van der Waals surface area contributed by atoms with E-state index in [-0.39, 0.29) is 52.5 Å². The van der Waals surface area contributed by atoms with Crippen LogP contribution < -0.4 is 5.73 Å². The average molecular weight is 383 g/mol. The number of fused-ring (bicyclic) bond motifs is 2. The molecule has 3 atom stereocenters. The van der Waals surface area contributed by atoms with E-state index in [1.54, 1.807) is 6.07 Å². The van der Waals surface area contributed by atoms with Crippen molar-refractivity contribution in [3.05, 3.63) is 58.1 Å². The lowest BCUT2D eigenvalue weighted by atomic mass is 9.82. The summed E-state index contributed by atoms with van der Waals surface area (Å²) in [4.78, 5) is 25.6. The van der Waals surface area contributed by atoms with Crippen molar-refractivity contribution in [1.82, 2.24) is 0 Å². The van der Waals surface area contributed by atoms with Gasteiger partial charge in [0.1, 0.15) is 11.5 Å². The van der Waals surface area contributed by atoms with Crippen LogP contribution in [0.15, 0.2) is 30.3 Å². The third kappa shape index (κ3) is 3.07. The summed E-state index contributed by atoms with van der Waals surface area (Å²) < 4.78 is 5.85. The number of phenolic OH excluding ortho intramolecular Hbond substituents is 2. The van der Waals surface area contributed by atoms with E-state index in [1.807, 2.05) is 0 Å². The van der Waals surface area contributed by atoms with Gasteiger partial charge in [-0.3, -0.25) is 9.59 Å². The number of rotatable bonds is 3. The summed E-state index contributed by atoms with van der Waals surface area (Å²) in [7, 11) is 0. The predicted molar refractivity (Wildman–Crippen MR) is 99.5 cm³/mol. The van der Waals surface area contributed by atoms with Crippen LogP contribution in [0.3, 0.4) is 0 Å². The van der Waals surface area contributed by atoms with Gasteiger partial charge in [0, 0.05) is 17.2 Å². The first-order valence-electron chi connectivity index (χ1n) is 9.19. The summed E-state index contributed by atoms with van der Waals surface area (Å²) in [5.74, 6) is -1.62. The number of hydrogen-bond acceptors (Lipinski definition) is 7. The van der Waals surface area contributed by atoms with E-state index in [4.69, 9.17) is 10.5 Å². The van der Waals surface area contributed by atoms with Gasteiger partial charge in [0.15, 0.2) is 5.78 Å². The lowest BCUT2D eigenvalue weighted by Gasteiger charge is -2.30. The van der Waals surface area contributed by atoms with E-state index in [1.165, 1.54) is 24.3 Å². The minimum absolute atomic E-state index is 0.0888. The normalized spacial score (nSPS) is 24.0. The van der Waals surface area contributed by atoms with E-state index in [9.17, 15) is 24.9 Å². The zero-order chi connectivity index (χ0) is 20.0. The first-order chi connectivity index (χ1) is 13.4. The molecule has 0 bridgehead atoms. The van der Waals surface area contributed by atoms with Gasteiger partial charge < -0.3 is 25.8 Å². The lowest BCUT2D eigenvalue weighted by molar-refractivity contribution is -0.0209. The minimum atomic E-state index is -0.583. The van der Waals surface area contributed by atoms with Gasteiger partial charge in [-0.2, -0.15) is 0 Å². The van der Waals surface area contributed by atoms with Crippen LogP contribution in [0.4, 0.5) is 0 Å². The molecular formula is C21H21NO6. The molecule has 2 aromatic carbocycles. The Morgan fingerprint density at radius 1 is 1.00 bits per heavy atom. The molecule has 146 valence electrons. The van der Waals surface area contributed by atoms with Crippen LogP contribution in [0.5, 0.6) is 11.5 Å². The first-order valence-corrected chi connectivity index (χ1v) is 9.19. The number of aliphatic hydroxyl groups is 1. The van der Waals surface area contributed by atoms with Gasteiger partial charge in [0.05, 0.1) is 29.9 Å². The smallest absolute Gasteiger partial charge is 0.201 e. The van der Waals surface area contributed by atoms with Gasteiger partial charge in [-0.15, -0.1) is 0 Å². The van der Waals surface area contributed by atoms with Crippen molar-refractivity contribution in [2.24, 2.45) is 5.73 Å². The third-order valence-electron chi connectivity index (χ3n) is 5.46. The standard InChI is InChI=1S/C21H21NO6/c22-14-8-11(4-5-15(14)23)28-9-10-6-13-19(17(25)7-10)21(27)18-12(20(13)26)2-1-3-16(18)24/h1-3,6-7,11,14-15,23-25H,4-5,8-9,22H2/t11-,14-,15+/m1/s1. The Morgan fingerprint density at radius 2 is 1.75 bits per heavy atom. The molecule has 5 N–H and O–H groups in total. The second-order valence-corrected chi connectivity index (χ2v) is 7.37. The molecule has 2 aliphatic rings. The number of phenols is 2. The number of ether oxygens (including phenoxy) is 1. The highest BCUT2D eigenvalue weighted by Crippen LogP contribution is 2.37. The molecule has 0 aromatic heterocycles. The fourth-order valence-corrected chi connectivity index (χ4v) is 3.94. The molecule has 1 saturated carbocycles. The molecule has 0 amide bonds. The summed E-state index contributed by atoms with van der Waals surface area (Å²) in [6.07, 6.45) is 1.13. The number of aliphatic hydroxyl groups excluding tert-OH is 1. The van der Waals surface area contributed by atoms with Crippen molar-refractivity contribution in [3.63, 3.8) is 0 Å². The molecule has 0 unspecified atom stereocenters. The van der Waals surface area contributed by atoms with Crippen LogP contribution in [0.1, 0.15) is 56.7 Å². The maximum Gasteiger partial charge on any atom is 0.201 e. The van der Waals surface area contributed by atoms with E-state index in [0.717, 1.165) is 0 Å². The Kier molecular flexibility index (Phi) is 4.66. The number of nitrogens with two attached hydrogens (primary N) is 1. The van der Waals surface area contributed by atoms with Gasteiger partial charge in [0.25, 0.3) is 0 Å². The summed E-state index contributed by atoms with van der Waals surface area (Å²) >= 11 is 0. The topological polar surface area (TPSA) is 130 Å². The monoisotopic (exact) mass is 383 g/mol. The first kappa shape index (κ1) is 18.6. The van der Waals surface area contributed by atoms with Crippen LogP contribution in [0.2, 0.25) is 0 Å². The minimum Gasteiger partial charge on any atom is -0.507 e. The predicted octanol–water partition coefficient (Wildman–Crippen LogP) is 1.63. The van der Waals surface area contributed by atoms with Gasteiger partial charge in [-0.05, 0) is 43.0 Å². The number of ketones is 2. The Labute approximate surface area is 161 Å². The highest BCUT2D eigenvalue weighted by Gasteiger charge is 2.34. The van der Waals surface area contributed by atoms with E-state index >= 15 is 0 Å². The molecule has 1 fully saturated rings. The molecule has 28 heavy (non-hydrogen) atoms. The van der Waals surface area contributed by atoms with Gasteiger partial charge >= 0.3 is 0 Å². The Morgan fingerprint density at radius 3 is 2.50 bits per heavy atom. The molecule has 2 aliphatic carbocycles. The highest BCUT2D eigenvalue weighted by atomic mass is 16.5. The molecule has 0 saturated heterocycles. The Bertz CT molecular complexity index is 970. The zero-order valence-electron chi connectivity index (χ0n) is 15.1. The average Bonchev–Trinajstić information content (AvgIpc) is 2.66. The van der Waals surface area contributed by atoms with Gasteiger partial charge in [-0.25, -0.2) is 0 Å². The van der Waals surface area contributed by atoms with Crippen LogP contribution in [-0.4, -0.2) is 45.1 Å². The summed E-state index contributed by atoms with van der Waals surface area (Å²) in [6.45, 7) is 0.142. The lowest BCUT2D eigenvalue weighted by Crippen LogP contribution is -2.42. The van der Waals surface area contributed by atoms with Gasteiger partial charge in [-0.1, -0.05) is 12.1 Å². The molecule has 7 nitrogen and oxygen atoms in total. The van der Waals surface area contributed by atoms with Crippen molar-refractivity contribution < 1.29 is 29.6 Å². The van der Waals surface area contributed by atoms with Crippen LogP contribution in [0.25, 0.3) is 0 Å². The van der Waals surface area contributed by atoms with Crippen molar-refractivity contribution in [2.45, 2.75) is 44.1 Å². The van der Waals surface area contributed by atoms with Crippen LogP contribution >= 0.6 is 0 Å². The number of benzene rings is 2. The molecule has 0 heterocycles. The van der Waals surface area contributed by atoms with Crippen molar-refractivity contribution in [2.75, 3.05) is 0 Å². The Hall–Kier alpha value is -2.74. The van der Waals surface area contributed by atoms with Crippen LogP contribution in [0, 0.1) is 0 Å². The van der Waals surface area contributed by atoms with Gasteiger partial charge in [0.2, 0.25) is 5.78 Å². The fourth-order valence-electron chi connectivity index (χ4n) is 3.94. The third-order valence-corrected chi connectivity index (χ3v) is 5.46. The summed E-state index contributed by atoms with van der Waals surface area (Å²) in [6, 6.07) is 6.91. The molecular weight excluding hydrogens is 362 g/mol. The molecule has 0 spiro atoms. The maximum absolute atomic E-state index is 12.8. The highest BCUT2D eigenvalue weighted by molar-refractivity contribution is 6.30. The molecule has 0 aliphatic heterocycles. The number of carbonyl (C=O) groups excluding carboxylic acids is 2.